The minimum atomic E-state index is -0.488. The Bertz CT molecular complexity index is 2020. The van der Waals surface area contributed by atoms with Crippen molar-refractivity contribution in [1.29, 1.82) is 0 Å². The summed E-state index contributed by atoms with van der Waals surface area (Å²) in [6.45, 7) is 9.17. The number of hydrogen-bond acceptors (Lipinski definition) is 5. The van der Waals surface area contributed by atoms with Crippen LogP contribution in [0.2, 0.25) is 0 Å². The van der Waals surface area contributed by atoms with Crippen LogP contribution in [0.4, 0.5) is 4.79 Å². The lowest BCUT2D eigenvalue weighted by atomic mass is 9.97. The molecule has 1 amide bonds. The van der Waals surface area contributed by atoms with E-state index in [2.05, 4.69) is 106 Å². The smallest absolute Gasteiger partial charge is 0.407 e. The Morgan fingerprint density at radius 3 is 2.18 bits per heavy atom. The zero-order chi connectivity index (χ0) is 34.4. The Kier molecular flexibility index (Phi) is 10.4. The summed E-state index contributed by atoms with van der Waals surface area (Å²) in [7, 11) is 0. The first kappa shape index (κ1) is 33.9. The highest BCUT2D eigenvalue weighted by molar-refractivity contribution is 5.92. The van der Waals surface area contributed by atoms with E-state index >= 15 is 0 Å². The molecule has 49 heavy (non-hydrogen) atoms. The normalized spacial score (nSPS) is 12.4. The van der Waals surface area contributed by atoms with E-state index in [1.54, 1.807) is 0 Å². The number of aromatic nitrogens is 4. The monoisotopic (exact) mass is 656 g/mol. The van der Waals surface area contributed by atoms with Crippen molar-refractivity contribution in [3.63, 3.8) is 0 Å². The number of imidazole rings is 2. The molecule has 6 rings (SSSR count). The second-order valence-corrected chi connectivity index (χ2v) is 14.1. The first-order valence-electron chi connectivity index (χ1n) is 17.5. The third-order valence-corrected chi connectivity index (χ3v) is 8.81. The highest BCUT2D eigenvalue weighted by atomic mass is 16.6. The molecule has 0 aliphatic rings. The fourth-order valence-electron chi connectivity index (χ4n) is 6.24. The zero-order valence-electron chi connectivity index (χ0n) is 29.1. The van der Waals surface area contributed by atoms with Gasteiger partial charge in [0.1, 0.15) is 17.2 Å². The molecule has 6 aromatic rings. The molecule has 8 heteroatoms. The third kappa shape index (κ3) is 8.95. The number of alkyl carbamates (subject to hydrolysis) is 1. The summed E-state index contributed by atoms with van der Waals surface area (Å²) >= 11 is 0. The first-order valence-corrected chi connectivity index (χ1v) is 17.5. The number of ether oxygens (including phenoxy) is 1. The van der Waals surface area contributed by atoms with Crippen LogP contribution in [0.15, 0.2) is 85.1 Å². The number of H-pyrrole nitrogens is 2. The quantitative estimate of drug-likeness (QED) is 0.0924. The Labute approximate surface area is 288 Å². The number of aromatic amines is 2. The van der Waals surface area contributed by atoms with E-state index in [1.807, 2.05) is 27.0 Å². The van der Waals surface area contributed by atoms with Crippen LogP contribution in [0, 0.1) is 5.92 Å². The van der Waals surface area contributed by atoms with Gasteiger partial charge >= 0.3 is 6.09 Å². The van der Waals surface area contributed by atoms with Crippen LogP contribution in [0.5, 0.6) is 0 Å². The maximum Gasteiger partial charge on any atom is 0.407 e. The molecule has 0 saturated carbocycles. The number of nitrogens with one attached hydrogen (secondary N) is 3. The van der Waals surface area contributed by atoms with Gasteiger partial charge in [-0.15, -0.1) is 0 Å². The van der Waals surface area contributed by atoms with Crippen LogP contribution < -0.4 is 11.1 Å². The third-order valence-electron chi connectivity index (χ3n) is 8.81. The molecule has 0 aliphatic carbocycles. The van der Waals surface area contributed by atoms with Crippen molar-refractivity contribution in [2.45, 2.75) is 71.8 Å². The molecule has 4 aromatic carbocycles. The van der Waals surface area contributed by atoms with Gasteiger partial charge in [-0.3, -0.25) is 0 Å². The van der Waals surface area contributed by atoms with Crippen molar-refractivity contribution in [2.75, 3.05) is 13.1 Å². The van der Waals surface area contributed by atoms with Crippen LogP contribution >= 0.6 is 0 Å². The predicted octanol–water partition coefficient (Wildman–Crippen LogP) is 9.21. The summed E-state index contributed by atoms with van der Waals surface area (Å²) in [5.41, 5.74) is 14.1. The van der Waals surface area contributed by atoms with Crippen molar-refractivity contribution >= 4 is 27.9 Å². The number of rotatable bonds is 13. The molecule has 8 nitrogen and oxygen atoms in total. The summed E-state index contributed by atoms with van der Waals surface area (Å²) in [6.07, 6.45) is 7.27. The first-order chi connectivity index (χ1) is 23.6. The number of nitrogens with zero attached hydrogens (tertiary/aromatic N) is 2. The molecule has 0 fully saturated rings. The lowest BCUT2D eigenvalue weighted by Crippen LogP contribution is -2.33. The Hall–Kier alpha value is -4.95. The molecule has 254 valence electrons. The fraction of sp³-hybridized carbons (Fsp3) is 0.341. The van der Waals surface area contributed by atoms with Crippen LogP contribution in [0.1, 0.15) is 65.0 Å². The number of benzene rings is 4. The van der Waals surface area contributed by atoms with Crippen LogP contribution in [-0.2, 0) is 17.6 Å². The van der Waals surface area contributed by atoms with Gasteiger partial charge in [-0.25, -0.2) is 14.8 Å². The Balaban J connectivity index is 1.07. The van der Waals surface area contributed by atoms with Gasteiger partial charge < -0.3 is 25.8 Å². The van der Waals surface area contributed by atoms with Gasteiger partial charge in [-0.05, 0) is 122 Å². The van der Waals surface area contributed by atoms with Crippen molar-refractivity contribution < 1.29 is 9.53 Å². The zero-order valence-corrected chi connectivity index (χ0v) is 29.1. The molecule has 0 bridgehead atoms. The Morgan fingerprint density at radius 1 is 0.816 bits per heavy atom. The van der Waals surface area contributed by atoms with Gasteiger partial charge in [-0.1, -0.05) is 61.5 Å². The highest BCUT2D eigenvalue weighted by Gasteiger charge is 2.15. The molecular weight excluding hydrogens is 608 g/mol. The van der Waals surface area contributed by atoms with Crippen LogP contribution in [0.3, 0.4) is 0 Å². The predicted molar refractivity (Wildman–Crippen MR) is 200 cm³/mol. The average molecular weight is 657 g/mol. The second kappa shape index (κ2) is 15.1. The number of amides is 1. The summed E-state index contributed by atoms with van der Waals surface area (Å²) < 4.78 is 5.30. The molecule has 0 radical (unpaired) electrons. The summed E-state index contributed by atoms with van der Waals surface area (Å²) in [4.78, 5) is 28.3. The number of nitrogens with two attached hydrogens (primary N) is 1. The van der Waals surface area contributed by atoms with E-state index in [0.717, 1.165) is 84.6 Å². The molecule has 0 saturated heterocycles. The molecular formula is C41H48N6O2. The van der Waals surface area contributed by atoms with Crippen molar-refractivity contribution in [3.05, 3.63) is 96.7 Å². The fourth-order valence-corrected chi connectivity index (χ4v) is 6.24. The van der Waals surface area contributed by atoms with E-state index in [-0.39, 0.29) is 6.09 Å². The van der Waals surface area contributed by atoms with E-state index in [1.165, 1.54) is 27.5 Å². The van der Waals surface area contributed by atoms with Crippen molar-refractivity contribution in [1.82, 2.24) is 25.3 Å². The second-order valence-electron chi connectivity index (χ2n) is 14.1. The number of carbonyl (C=O) groups is 1. The maximum absolute atomic E-state index is 11.8. The number of carbonyl (C=O) groups excluding carboxylic acids is 1. The van der Waals surface area contributed by atoms with Gasteiger partial charge in [0.2, 0.25) is 0 Å². The van der Waals surface area contributed by atoms with E-state index < -0.39 is 5.60 Å². The van der Waals surface area contributed by atoms with Gasteiger partial charge in [0.25, 0.3) is 0 Å². The lowest BCUT2D eigenvalue weighted by molar-refractivity contribution is 0.0527. The Morgan fingerprint density at radius 2 is 1.47 bits per heavy atom. The average Bonchev–Trinajstić information content (AvgIpc) is 3.72. The maximum atomic E-state index is 11.8. The standard InChI is InChI=1S/C41H48N6O2/c1-27(8-7-20-42)22-39-44-26-37(47-39)29-12-10-28(11-13-29)30-14-15-32-24-33(17-16-31(32)23-30)34-18-19-35-36(25-34)46-38(45-35)9-5-6-21-43-40(48)49-41(2,3)4/h10-19,23-27H,5-9,20-22,42H2,1-4H3,(H,43,48)(H,44,47)(H,45,46)/t27-/m0/s1. The molecule has 2 heterocycles. The van der Waals surface area contributed by atoms with E-state index in [9.17, 15) is 4.79 Å². The van der Waals surface area contributed by atoms with E-state index in [0.29, 0.717) is 12.5 Å². The minimum absolute atomic E-state index is 0.372. The number of unbranched alkanes of at least 4 members (excludes halogenated alkanes) is 1. The SMILES string of the molecule is C[C@@H](CCCN)Cc1ncc(-c2ccc(-c3ccc4cc(-c5ccc6nc(CCCCNC(=O)OC(C)(C)C)[nH]c6c5)ccc4c3)cc2)[nH]1. The topological polar surface area (TPSA) is 122 Å². The number of aryl methyl sites for hydroxylation is 1. The minimum Gasteiger partial charge on any atom is -0.444 e. The number of hydrogen-bond donors (Lipinski definition) is 4. The molecule has 2 aromatic heterocycles. The van der Waals surface area contributed by atoms with Crippen LogP contribution in [0.25, 0.3) is 55.3 Å². The van der Waals surface area contributed by atoms with Gasteiger partial charge in [-0.2, -0.15) is 0 Å². The highest BCUT2D eigenvalue weighted by Crippen LogP contribution is 2.31. The van der Waals surface area contributed by atoms with Crippen molar-refractivity contribution in [2.24, 2.45) is 11.7 Å². The molecule has 0 aliphatic heterocycles. The summed E-state index contributed by atoms with van der Waals surface area (Å²) in [5, 5.41) is 5.23. The van der Waals surface area contributed by atoms with Gasteiger partial charge in [0, 0.05) is 19.4 Å². The van der Waals surface area contributed by atoms with Crippen molar-refractivity contribution in [3.8, 4) is 33.5 Å². The number of fused-ring (bicyclic) bond motifs is 2. The van der Waals surface area contributed by atoms with Crippen LogP contribution in [-0.4, -0.2) is 44.7 Å². The largest absolute Gasteiger partial charge is 0.444 e. The summed E-state index contributed by atoms with van der Waals surface area (Å²) in [6, 6.07) is 28.4. The molecule has 0 unspecified atom stereocenters. The summed E-state index contributed by atoms with van der Waals surface area (Å²) in [5.74, 6) is 2.55. The van der Waals surface area contributed by atoms with Gasteiger partial charge in [0.15, 0.2) is 0 Å². The van der Waals surface area contributed by atoms with Gasteiger partial charge in [0.05, 0.1) is 22.9 Å². The van der Waals surface area contributed by atoms with E-state index in [4.69, 9.17) is 15.5 Å². The lowest BCUT2D eigenvalue weighted by Gasteiger charge is -2.19. The molecule has 1 atom stereocenters. The molecule has 0 spiro atoms. The molecule has 5 N–H and O–H groups in total.